The summed E-state index contributed by atoms with van der Waals surface area (Å²) in [7, 11) is 0. The van der Waals surface area contributed by atoms with Crippen LogP contribution in [0.4, 0.5) is 13.2 Å². The summed E-state index contributed by atoms with van der Waals surface area (Å²) in [6, 6.07) is 4.92. The maximum absolute atomic E-state index is 13.8. The minimum Gasteiger partial charge on any atom is -0.486 e. The SMILES string of the molecule is Cc1csc([C@@](O)(CC(=O)N2CCC[C@H]2c2ccc3c(c2)OCCO3)C(F)(F)F)n1. The van der Waals surface area contributed by atoms with Crippen LogP contribution in [0, 0.1) is 6.92 Å². The Kier molecular flexibility index (Phi) is 5.39. The highest BCUT2D eigenvalue weighted by atomic mass is 32.1. The Morgan fingerprint density at radius 3 is 2.70 bits per heavy atom. The first kappa shape index (κ1) is 20.9. The lowest BCUT2D eigenvalue weighted by Crippen LogP contribution is -2.47. The molecule has 0 unspecified atom stereocenters. The van der Waals surface area contributed by atoms with Gasteiger partial charge in [-0.15, -0.1) is 11.3 Å². The number of ether oxygens (including phenoxy) is 2. The Hall–Kier alpha value is -2.33. The van der Waals surface area contributed by atoms with E-state index in [1.165, 1.54) is 17.2 Å². The number of hydrogen-bond acceptors (Lipinski definition) is 6. The van der Waals surface area contributed by atoms with E-state index in [0.717, 1.165) is 5.56 Å². The first-order valence-electron chi connectivity index (χ1n) is 9.60. The largest absolute Gasteiger partial charge is 0.486 e. The topological polar surface area (TPSA) is 71.9 Å². The Labute approximate surface area is 175 Å². The van der Waals surface area contributed by atoms with Crippen LogP contribution in [0.15, 0.2) is 23.6 Å². The summed E-state index contributed by atoms with van der Waals surface area (Å²) in [6.45, 7) is 2.72. The van der Waals surface area contributed by atoms with Crippen molar-refractivity contribution in [2.24, 2.45) is 0 Å². The predicted molar refractivity (Wildman–Crippen MR) is 103 cm³/mol. The van der Waals surface area contributed by atoms with E-state index in [0.29, 0.717) is 61.1 Å². The van der Waals surface area contributed by atoms with Crippen LogP contribution in [-0.4, -0.2) is 46.8 Å². The van der Waals surface area contributed by atoms with Gasteiger partial charge in [-0.2, -0.15) is 13.2 Å². The van der Waals surface area contributed by atoms with Gasteiger partial charge in [0.25, 0.3) is 0 Å². The van der Waals surface area contributed by atoms with Gasteiger partial charge in [-0.1, -0.05) is 6.07 Å². The zero-order chi connectivity index (χ0) is 21.5. The van der Waals surface area contributed by atoms with Crippen molar-refractivity contribution >= 4 is 17.2 Å². The molecule has 2 aliphatic heterocycles. The van der Waals surface area contributed by atoms with Crippen molar-refractivity contribution in [2.75, 3.05) is 19.8 Å². The predicted octanol–water partition coefficient (Wildman–Crippen LogP) is 3.73. The first-order chi connectivity index (χ1) is 14.2. The van der Waals surface area contributed by atoms with E-state index in [4.69, 9.17) is 9.47 Å². The standard InChI is InChI=1S/C20H21F3N2O4S/c1-12-11-30-18(24-12)19(27,20(21,22)23)10-17(26)25-6-2-3-14(25)13-4-5-15-16(9-13)29-8-7-28-15/h4-5,9,11,14,27H,2-3,6-8,10H2,1H3/t14-,19-/m0/s1. The van der Waals surface area contributed by atoms with Crippen molar-refractivity contribution in [1.82, 2.24) is 9.88 Å². The van der Waals surface area contributed by atoms with Crippen LogP contribution in [0.25, 0.3) is 0 Å². The van der Waals surface area contributed by atoms with E-state index in [1.807, 2.05) is 0 Å². The summed E-state index contributed by atoms with van der Waals surface area (Å²) in [6.07, 6.45) is -4.86. The number of amides is 1. The van der Waals surface area contributed by atoms with Crippen LogP contribution in [0.2, 0.25) is 0 Å². The van der Waals surface area contributed by atoms with Gasteiger partial charge in [0.1, 0.15) is 18.2 Å². The second-order valence-electron chi connectivity index (χ2n) is 7.48. The fourth-order valence-electron chi connectivity index (χ4n) is 3.84. The minimum atomic E-state index is -5.03. The van der Waals surface area contributed by atoms with Crippen LogP contribution in [0.5, 0.6) is 11.5 Å². The van der Waals surface area contributed by atoms with Gasteiger partial charge >= 0.3 is 6.18 Å². The average Bonchev–Trinajstić information content (AvgIpc) is 3.36. The Bertz CT molecular complexity index is 948. The smallest absolute Gasteiger partial charge is 0.424 e. The zero-order valence-corrected chi connectivity index (χ0v) is 17.1. The summed E-state index contributed by atoms with van der Waals surface area (Å²) >= 11 is 0.698. The van der Waals surface area contributed by atoms with Crippen LogP contribution in [-0.2, 0) is 10.4 Å². The summed E-state index contributed by atoms with van der Waals surface area (Å²) in [5.41, 5.74) is -2.19. The highest BCUT2D eigenvalue weighted by Gasteiger charge is 2.58. The maximum atomic E-state index is 13.8. The highest BCUT2D eigenvalue weighted by Crippen LogP contribution is 2.45. The van der Waals surface area contributed by atoms with Crippen molar-refractivity contribution in [1.29, 1.82) is 0 Å². The molecule has 3 heterocycles. The van der Waals surface area contributed by atoms with Gasteiger partial charge in [-0.3, -0.25) is 4.79 Å². The number of aromatic nitrogens is 1. The number of hydrogen-bond donors (Lipinski definition) is 1. The molecule has 1 N–H and O–H groups in total. The molecule has 6 nitrogen and oxygen atoms in total. The van der Waals surface area contributed by atoms with Crippen molar-refractivity contribution in [3.63, 3.8) is 0 Å². The molecule has 1 fully saturated rings. The lowest BCUT2D eigenvalue weighted by atomic mass is 9.97. The lowest BCUT2D eigenvalue weighted by Gasteiger charge is -2.32. The van der Waals surface area contributed by atoms with Gasteiger partial charge in [-0.05, 0) is 37.5 Å². The van der Waals surface area contributed by atoms with Crippen molar-refractivity contribution < 1.29 is 32.5 Å². The molecule has 1 aromatic carbocycles. The van der Waals surface area contributed by atoms with Crippen LogP contribution >= 0.6 is 11.3 Å². The molecule has 0 aliphatic carbocycles. The molecule has 30 heavy (non-hydrogen) atoms. The number of benzene rings is 1. The third-order valence-corrected chi connectivity index (χ3v) is 6.48. The lowest BCUT2D eigenvalue weighted by molar-refractivity contribution is -0.268. The summed E-state index contributed by atoms with van der Waals surface area (Å²) in [5.74, 6) is 0.398. The number of nitrogens with zero attached hydrogens (tertiary/aromatic N) is 2. The molecule has 0 radical (unpaired) electrons. The monoisotopic (exact) mass is 442 g/mol. The molecule has 1 amide bonds. The molecule has 0 spiro atoms. The summed E-state index contributed by atoms with van der Waals surface area (Å²) in [5, 5.41) is 11.4. The van der Waals surface area contributed by atoms with E-state index in [1.54, 1.807) is 18.2 Å². The number of carbonyl (C=O) groups is 1. The summed E-state index contributed by atoms with van der Waals surface area (Å²) < 4.78 is 52.4. The normalized spacial score (nSPS) is 20.8. The minimum absolute atomic E-state index is 0.322. The van der Waals surface area contributed by atoms with Gasteiger partial charge < -0.3 is 19.5 Å². The number of halogens is 3. The van der Waals surface area contributed by atoms with E-state index < -0.39 is 29.1 Å². The third kappa shape index (κ3) is 3.74. The molecular formula is C20H21F3N2O4S. The number of carbonyl (C=O) groups excluding carboxylic acids is 1. The molecule has 0 saturated carbocycles. The molecular weight excluding hydrogens is 421 g/mol. The molecule has 1 aromatic heterocycles. The zero-order valence-electron chi connectivity index (χ0n) is 16.2. The van der Waals surface area contributed by atoms with Crippen molar-refractivity contribution in [3.05, 3.63) is 39.8 Å². The number of aliphatic hydroxyl groups is 1. The number of alkyl halides is 3. The number of likely N-dealkylation sites (tertiary alicyclic amines) is 1. The quantitative estimate of drug-likeness (QED) is 0.782. The van der Waals surface area contributed by atoms with Gasteiger partial charge in [-0.25, -0.2) is 4.98 Å². The van der Waals surface area contributed by atoms with E-state index in [-0.39, 0.29) is 6.04 Å². The number of aryl methyl sites for hydroxylation is 1. The summed E-state index contributed by atoms with van der Waals surface area (Å²) in [4.78, 5) is 18.2. The molecule has 162 valence electrons. The molecule has 4 rings (SSSR count). The first-order valence-corrected chi connectivity index (χ1v) is 10.5. The molecule has 10 heteroatoms. The van der Waals surface area contributed by atoms with E-state index in [2.05, 4.69) is 4.98 Å². The van der Waals surface area contributed by atoms with Crippen molar-refractivity contribution in [2.45, 2.75) is 44.0 Å². The van der Waals surface area contributed by atoms with Gasteiger partial charge in [0.15, 0.2) is 11.5 Å². The van der Waals surface area contributed by atoms with Crippen LogP contribution in [0.3, 0.4) is 0 Å². The highest BCUT2D eigenvalue weighted by molar-refractivity contribution is 7.09. The molecule has 2 aromatic rings. The maximum Gasteiger partial charge on any atom is 0.424 e. The molecule has 2 atom stereocenters. The van der Waals surface area contributed by atoms with E-state index in [9.17, 15) is 23.1 Å². The third-order valence-electron chi connectivity index (χ3n) is 5.37. The van der Waals surface area contributed by atoms with Crippen LogP contribution < -0.4 is 9.47 Å². The van der Waals surface area contributed by atoms with E-state index >= 15 is 0 Å². The fraction of sp³-hybridized carbons (Fsp3) is 0.500. The average molecular weight is 442 g/mol. The van der Waals surface area contributed by atoms with Gasteiger partial charge in [0, 0.05) is 17.6 Å². The second-order valence-corrected chi connectivity index (χ2v) is 8.34. The van der Waals surface area contributed by atoms with Gasteiger partial charge in [0.2, 0.25) is 11.5 Å². The van der Waals surface area contributed by atoms with Gasteiger partial charge in [0.05, 0.1) is 12.5 Å². The Morgan fingerprint density at radius 1 is 1.30 bits per heavy atom. The van der Waals surface area contributed by atoms with Crippen LogP contribution in [0.1, 0.15) is 41.6 Å². The Morgan fingerprint density at radius 2 is 2.03 bits per heavy atom. The molecule has 2 aliphatic rings. The second kappa shape index (κ2) is 7.73. The number of thiazole rings is 1. The molecule has 1 saturated heterocycles. The Balaban J connectivity index is 1.58. The molecule has 0 bridgehead atoms. The number of rotatable bonds is 4. The number of fused-ring (bicyclic) bond motifs is 1. The fourth-order valence-corrected chi connectivity index (χ4v) is 4.75. The van der Waals surface area contributed by atoms with Crippen molar-refractivity contribution in [3.8, 4) is 11.5 Å².